The molecule has 36 heavy (non-hydrogen) atoms. The van der Waals surface area contributed by atoms with Crippen molar-refractivity contribution in [2.75, 3.05) is 11.9 Å². The number of pyridine rings is 1. The zero-order valence-electron chi connectivity index (χ0n) is 20.4. The Morgan fingerprint density at radius 1 is 0.833 bits per heavy atom. The second kappa shape index (κ2) is 8.93. The molecule has 6 aromatic rings. The van der Waals surface area contributed by atoms with Gasteiger partial charge < -0.3 is 9.72 Å². The fraction of sp³-hybridized carbons (Fsp3) is 0.129. The standard InChI is InChI=1S/C31H27N5/c1-22-19-28-32-17-18-36(28)20-26(22)30-34-27-16-10-9-15-25(27)29(35-30)33-21-31(2,23-11-5-3-6-12-23)24-13-7-4-8-14-24/h3-20H,21H2,1-2H3,(H,33,34,35). The Morgan fingerprint density at radius 3 is 2.22 bits per heavy atom. The largest absolute Gasteiger partial charge is 0.368 e. The van der Waals surface area contributed by atoms with Gasteiger partial charge in [-0.1, -0.05) is 72.8 Å². The van der Waals surface area contributed by atoms with Gasteiger partial charge in [0.2, 0.25) is 0 Å². The Labute approximate surface area is 210 Å². The Morgan fingerprint density at radius 2 is 1.50 bits per heavy atom. The minimum absolute atomic E-state index is 0.250. The molecular formula is C31H27N5. The van der Waals surface area contributed by atoms with E-state index in [9.17, 15) is 0 Å². The van der Waals surface area contributed by atoms with Gasteiger partial charge in [-0.3, -0.25) is 0 Å². The van der Waals surface area contributed by atoms with Crippen LogP contribution in [-0.2, 0) is 5.41 Å². The molecule has 0 bridgehead atoms. The highest BCUT2D eigenvalue weighted by atomic mass is 15.0. The van der Waals surface area contributed by atoms with Crippen LogP contribution in [0.25, 0.3) is 27.9 Å². The summed E-state index contributed by atoms with van der Waals surface area (Å²) >= 11 is 0. The lowest BCUT2D eigenvalue weighted by molar-refractivity contribution is 0.603. The van der Waals surface area contributed by atoms with Crippen LogP contribution in [0.5, 0.6) is 0 Å². The molecule has 0 aliphatic rings. The third-order valence-corrected chi connectivity index (χ3v) is 7.01. The highest BCUT2D eigenvalue weighted by Gasteiger charge is 2.29. The van der Waals surface area contributed by atoms with Crippen LogP contribution in [0.2, 0.25) is 0 Å². The number of para-hydroxylation sites is 1. The SMILES string of the molecule is Cc1cc2nccn2cc1-c1nc(NCC(C)(c2ccccc2)c2ccccc2)c2ccccc2n1. The van der Waals surface area contributed by atoms with Crippen LogP contribution in [0.3, 0.4) is 0 Å². The lowest BCUT2D eigenvalue weighted by Gasteiger charge is -2.32. The fourth-order valence-corrected chi connectivity index (χ4v) is 4.87. The quantitative estimate of drug-likeness (QED) is 0.296. The van der Waals surface area contributed by atoms with Gasteiger partial charge in [0.05, 0.1) is 5.52 Å². The van der Waals surface area contributed by atoms with Crippen molar-refractivity contribution >= 4 is 22.4 Å². The highest BCUT2D eigenvalue weighted by molar-refractivity contribution is 5.90. The van der Waals surface area contributed by atoms with E-state index in [4.69, 9.17) is 9.97 Å². The number of aromatic nitrogens is 4. The van der Waals surface area contributed by atoms with Gasteiger partial charge in [0, 0.05) is 41.5 Å². The molecule has 0 spiro atoms. The van der Waals surface area contributed by atoms with Crippen molar-refractivity contribution in [2.45, 2.75) is 19.3 Å². The fourth-order valence-electron chi connectivity index (χ4n) is 4.87. The molecule has 1 N–H and O–H groups in total. The number of rotatable bonds is 6. The number of aryl methyl sites for hydroxylation is 1. The van der Waals surface area contributed by atoms with Crippen LogP contribution in [0, 0.1) is 6.92 Å². The molecule has 0 amide bonds. The lowest BCUT2D eigenvalue weighted by Crippen LogP contribution is -2.32. The van der Waals surface area contributed by atoms with E-state index >= 15 is 0 Å². The van der Waals surface area contributed by atoms with Crippen LogP contribution in [0.4, 0.5) is 5.82 Å². The molecule has 0 fully saturated rings. The Kier molecular flexibility index (Phi) is 5.45. The van der Waals surface area contributed by atoms with Crippen molar-refractivity contribution in [2.24, 2.45) is 0 Å². The zero-order valence-corrected chi connectivity index (χ0v) is 20.4. The Hall–Kier alpha value is -4.51. The number of hydrogen-bond donors (Lipinski definition) is 1. The summed E-state index contributed by atoms with van der Waals surface area (Å²) in [6.45, 7) is 5.05. The molecule has 3 aromatic heterocycles. The van der Waals surface area contributed by atoms with Gasteiger partial charge in [-0.2, -0.15) is 0 Å². The third-order valence-electron chi connectivity index (χ3n) is 7.01. The maximum Gasteiger partial charge on any atom is 0.163 e. The van der Waals surface area contributed by atoms with E-state index in [1.165, 1.54) is 11.1 Å². The maximum atomic E-state index is 5.06. The summed E-state index contributed by atoms with van der Waals surface area (Å²) in [7, 11) is 0. The summed E-state index contributed by atoms with van der Waals surface area (Å²) in [6, 6.07) is 31.6. The molecule has 0 saturated heterocycles. The number of imidazole rings is 1. The predicted molar refractivity (Wildman–Crippen MR) is 146 cm³/mol. The third kappa shape index (κ3) is 3.89. The van der Waals surface area contributed by atoms with Gasteiger partial charge in [0.25, 0.3) is 0 Å². The molecule has 5 heteroatoms. The van der Waals surface area contributed by atoms with Gasteiger partial charge in [-0.25, -0.2) is 15.0 Å². The van der Waals surface area contributed by atoms with Gasteiger partial charge >= 0.3 is 0 Å². The van der Waals surface area contributed by atoms with E-state index in [2.05, 4.69) is 103 Å². The summed E-state index contributed by atoms with van der Waals surface area (Å²) in [5, 5.41) is 4.72. The number of hydrogen-bond acceptors (Lipinski definition) is 4. The van der Waals surface area contributed by atoms with Crippen LogP contribution < -0.4 is 5.32 Å². The van der Waals surface area contributed by atoms with E-state index in [1.54, 1.807) is 6.20 Å². The molecule has 0 unspecified atom stereocenters. The molecule has 0 radical (unpaired) electrons. The maximum absolute atomic E-state index is 5.06. The predicted octanol–water partition coefficient (Wildman–Crippen LogP) is 6.67. The molecule has 0 atom stereocenters. The van der Waals surface area contributed by atoms with Crippen molar-refractivity contribution in [1.29, 1.82) is 0 Å². The lowest BCUT2D eigenvalue weighted by atomic mass is 9.76. The Balaban J connectivity index is 1.45. The van der Waals surface area contributed by atoms with Crippen LogP contribution in [0.15, 0.2) is 110 Å². The summed E-state index contributed by atoms with van der Waals surface area (Å²) in [5.41, 5.74) is 6.16. The number of anilines is 1. The number of nitrogens with one attached hydrogen (secondary N) is 1. The van der Waals surface area contributed by atoms with Gasteiger partial charge in [0.1, 0.15) is 11.5 Å². The van der Waals surface area contributed by atoms with Gasteiger partial charge in [0.15, 0.2) is 5.82 Å². The first kappa shape index (κ1) is 22.0. The first-order valence-corrected chi connectivity index (χ1v) is 12.2. The summed E-state index contributed by atoms with van der Waals surface area (Å²) < 4.78 is 2.01. The number of fused-ring (bicyclic) bond motifs is 2. The van der Waals surface area contributed by atoms with Crippen LogP contribution in [0.1, 0.15) is 23.6 Å². The van der Waals surface area contributed by atoms with Gasteiger partial charge in [-0.05, 0) is 48.7 Å². The monoisotopic (exact) mass is 469 g/mol. The topological polar surface area (TPSA) is 55.1 Å². The minimum atomic E-state index is -0.250. The molecule has 3 aromatic carbocycles. The summed E-state index contributed by atoms with van der Waals surface area (Å²) in [4.78, 5) is 14.4. The van der Waals surface area contributed by atoms with Crippen molar-refractivity contribution in [3.05, 3.63) is 126 Å². The van der Waals surface area contributed by atoms with E-state index in [0.29, 0.717) is 12.4 Å². The summed E-state index contributed by atoms with van der Waals surface area (Å²) in [6.07, 6.45) is 5.81. The van der Waals surface area contributed by atoms with Crippen molar-refractivity contribution in [1.82, 2.24) is 19.4 Å². The second-order valence-corrected chi connectivity index (χ2v) is 9.39. The van der Waals surface area contributed by atoms with Crippen molar-refractivity contribution in [3.63, 3.8) is 0 Å². The average molecular weight is 470 g/mol. The van der Waals surface area contributed by atoms with Crippen LogP contribution in [-0.4, -0.2) is 25.9 Å². The highest BCUT2D eigenvalue weighted by Crippen LogP contribution is 2.34. The smallest absolute Gasteiger partial charge is 0.163 e. The molecule has 0 aliphatic heterocycles. The number of nitrogens with zero attached hydrogens (tertiary/aromatic N) is 4. The van der Waals surface area contributed by atoms with Gasteiger partial charge in [-0.15, -0.1) is 0 Å². The minimum Gasteiger partial charge on any atom is -0.368 e. The molecule has 6 rings (SSSR count). The normalized spacial score (nSPS) is 11.7. The average Bonchev–Trinajstić information content (AvgIpc) is 3.39. The molecule has 3 heterocycles. The van der Waals surface area contributed by atoms with Crippen LogP contribution >= 0.6 is 0 Å². The van der Waals surface area contributed by atoms with Crippen molar-refractivity contribution in [3.8, 4) is 11.4 Å². The first-order valence-electron chi connectivity index (χ1n) is 12.2. The molecule has 0 aliphatic carbocycles. The Bertz CT molecular complexity index is 1620. The molecular weight excluding hydrogens is 442 g/mol. The summed E-state index contributed by atoms with van der Waals surface area (Å²) in [5.74, 6) is 1.53. The molecule has 176 valence electrons. The van der Waals surface area contributed by atoms with E-state index in [-0.39, 0.29) is 5.41 Å². The molecule has 5 nitrogen and oxygen atoms in total. The second-order valence-electron chi connectivity index (χ2n) is 9.39. The van der Waals surface area contributed by atoms with E-state index in [0.717, 1.165) is 33.5 Å². The van der Waals surface area contributed by atoms with Crippen molar-refractivity contribution < 1.29 is 0 Å². The molecule has 0 saturated carbocycles. The number of benzene rings is 3. The van der Waals surface area contributed by atoms with E-state index in [1.807, 2.05) is 28.8 Å². The zero-order chi connectivity index (χ0) is 24.5. The van der Waals surface area contributed by atoms with E-state index < -0.39 is 0 Å². The first-order chi connectivity index (χ1) is 17.6.